The molecule has 3 aromatic carbocycles. The monoisotopic (exact) mass is 347 g/mol. The Bertz CT molecular complexity index is 1140. The lowest BCUT2D eigenvalue weighted by atomic mass is 10.1. The largest absolute Gasteiger partial charge is 0.295 e. The zero-order valence-electron chi connectivity index (χ0n) is 13.5. The minimum atomic E-state index is -0.113. The van der Waals surface area contributed by atoms with E-state index in [1.54, 1.807) is 28.8 Å². The van der Waals surface area contributed by atoms with Gasteiger partial charge in [0.25, 0.3) is 5.91 Å². The van der Waals surface area contributed by atoms with Gasteiger partial charge in [0.15, 0.2) is 5.78 Å². The van der Waals surface area contributed by atoms with Crippen LogP contribution in [-0.2, 0) is 0 Å². The molecule has 4 aromatic rings. The van der Waals surface area contributed by atoms with Crippen LogP contribution in [-0.4, -0.2) is 16.3 Å². The summed E-state index contributed by atoms with van der Waals surface area (Å²) in [4.78, 5) is 24.9. The summed E-state index contributed by atoms with van der Waals surface area (Å²) in [5, 5.41) is 2.29. The second-order valence-electron chi connectivity index (χ2n) is 5.96. The average molecular weight is 348 g/mol. The summed E-state index contributed by atoms with van der Waals surface area (Å²) in [6, 6.07) is 20.0. The number of aromatic nitrogens is 1. The van der Waals surface area contributed by atoms with Crippen LogP contribution in [0.25, 0.3) is 21.8 Å². The summed E-state index contributed by atoms with van der Waals surface area (Å²) in [6.07, 6.45) is 0. The Labute approximate surface area is 149 Å². The SMILES string of the molecule is CC(=O)c1ccc2c(c1)c1cc(Cl)ccc1n2C(=O)c1ccccc1. The Kier molecular flexibility index (Phi) is 3.66. The first-order valence-corrected chi connectivity index (χ1v) is 8.28. The van der Waals surface area contributed by atoms with E-state index in [-0.39, 0.29) is 11.7 Å². The normalized spacial score (nSPS) is 11.1. The highest BCUT2D eigenvalue weighted by Gasteiger charge is 2.18. The maximum absolute atomic E-state index is 13.1. The van der Waals surface area contributed by atoms with Crippen LogP contribution in [0.5, 0.6) is 0 Å². The maximum Gasteiger partial charge on any atom is 0.262 e. The van der Waals surface area contributed by atoms with Gasteiger partial charge in [0, 0.05) is 26.9 Å². The Hall–Kier alpha value is -2.91. The number of fused-ring (bicyclic) bond motifs is 3. The molecule has 0 aliphatic heterocycles. The zero-order chi connectivity index (χ0) is 17.6. The lowest BCUT2D eigenvalue weighted by Gasteiger charge is -2.06. The van der Waals surface area contributed by atoms with Crippen molar-refractivity contribution in [3.05, 3.63) is 82.9 Å². The van der Waals surface area contributed by atoms with Crippen molar-refractivity contribution in [2.45, 2.75) is 6.92 Å². The van der Waals surface area contributed by atoms with Gasteiger partial charge in [-0.2, -0.15) is 0 Å². The third kappa shape index (κ3) is 2.53. The van der Waals surface area contributed by atoms with Gasteiger partial charge in [0.1, 0.15) is 0 Å². The standard InChI is InChI=1S/C21H14ClNO2/c1-13(24)15-7-9-19-17(11-15)18-12-16(22)8-10-20(18)23(19)21(25)14-5-3-2-4-6-14/h2-12H,1H3. The van der Waals surface area contributed by atoms with E-state index in [4.69, 9.17) is 11.6 Å². The number of benzene rings is 3. The van der Waals surface area contributed by atoms with Crippen LogP contribution in [0.15, 0.2) is 66.7 Å². The predicted octanol–water partition coefficient (Wildman–Crippen LogP) is 5.34. The predicted molar refractivity (Wildman–Crippen MR) is 101 cm³/mol. The molecular weight excluding hydrogens is 334 g/mol. The van der Waals surface area contributed by atoms with Crippen LogP contribution in [0.3, 0.4) is 0 Å². The minimum Gasteiger partial charge on any atom is -0.295 e. The molecule has 4 rings (SSSR count). The molecule has 0 saturated heterocycles. The van der Waals surface area contributed by atoms with Crippen molar-refractivity contribution in [1.82, 2.24) is 4.57 Å². The first-order chi connectivity index (χ1) is 12.1. The first-order valence-electron chi connectivity index (χ1n) is 7.90. The summed E-state index contributed by atoms with van der Waals surface area (Å²) >= 11 is 6.17. The molecule has 0 spiro atoms. The molecule has 4 heteroatoms. The van der Waals surface area contributed by atoms with E-state index in [0.717, 1.165) is 21.8 Å². The van der Waals surface area contributed by atoms with Crippen molar-refractivity contribution in [3.8, 4) is 0 Å². The average Bonchev–Trinajstić information content (AvgIpc) is 2.94. The van der Waals surface area contributed by atoms with Gasteiger partial charge in [-0.25, -0.2) is 0 Å². The van der Waals surface area contributed by atoms with E-state index in [9.17, 15) is 9.59 Å². The van der Waals surface area contributed by atoms with E-state index < -0.39 is 0 Å². The number of rotatable bonds is 2. The Balaban J connectivity index is 2.09. The molecule has 0 saturated carbocycles. The fraction of sp³-hybridized carbons (Fsp3) is 0.0476. The van der Waals surface area contributed by atoms with Crippen LogP contribution in [0.1, 0.15) is 27.6 Å². The number of nitrogens with zero attached hydrogens (tertiary/aromatic N) is 1. The van der Waals surface area contributed by atoms with Crippen LogP contribution >= 0.6 is 11.6 Å². The molecule has 3 nitrogen and oxygen atoms in total. The molecule has 0 aliphatic carbocycles. The third-order valence-electron chi connectivity index (χ3n) is 4.36. The molecule has 1 aromatic heterocycles. The summed E-state index contributed by atoms with van der Waals surface area (Å²) in [5.41, 5.74) is 2.75. The molecular formula is C21H14ClNO2. The quantitative estimate of drug-likeness (QED) is 0.459. The molecule has 0 unspecified atom stereocenters. The fourth-order valence-electron chi connectivity index (χ4n) is 3.14. The Morgan fingerprint density at radius 2 is 1.44 bits per heavy atom. The molecule has 25 heavy (non-hydrogen) atoms. The topological polar surface area (TPSA) is 39.1 Å². The third-order valence-corrected chi connectivity index (χ3v) is 4.59. The van der Waals surface area contributed by atoms with Crippen molar-refractivity contribution >= 4 is 45.1 Å². The number of halogens is 1. The van der Waals surface area contributed by atoms with Crippen LogP contribution in [0, 0.1) is 0 Å². The fourth-order valence-corrected chi connectivity index (χ4v) is 3.32. The van der Waals surface area contributed by atoms with Gasteiger partial charge in [-0.15, -0.1) is 0 Å². The van der Waals surface area contributed by atoms with Crippen molar-refractivity contribution in [1.29, 1.82) is 0 Å². The van der Waals surface area contributed by atoms with Crippen LogP contribution in [0.4, 0.5) is 0 Å². The molecule has 0 radical (unpaired) electrons. The van der Waals surface area contributed by atoms with E-state index in [1.807, 2.05) is 42.5 Å². The molecule has 1 heterocycles. The molecule has 0 bridgehead atoms. The van der Waals surface area contributed by atoms with Crippen molar-refractivity contribution < 1.29 is 9.59 Å². The molecule has 0 atom stereocenters. The number of hydrogen-bond acceptors (Lipinski definition) is 2. The number of ketones is 1. The summed E-state index contributed by atoms with van der Waals surface area (Å²) in [7, 11) is 0. The highest BCUT2D eigenvalue weighted by molar-refractivity contribution is 6.32. The Morgan fingerprint density at radius 1 is 0.800 bits per heavy atom. The maximum atomic E-state index is 13.1. The lowest BCUT2D eigenvalue weighted by Crippen LogP contribution is -2.11. The molecule has 0 aliphatic rings. The lowest BCUT2D eigenvalue weighted by molar-refractivity contribution is 0.0968. The van der Waals surface area contributed by atoms with Gasteiger partial charge in [0.05, 0.1) is 11.0 Å². The van der Waals surface area contributed by atoms with E-state index in [0.29, 0.717) is 16.1 Å². The number of carbonyl (C=O) groups excluding carboxylic acids is 2. The second-order valence-corrected chi connectivity index (χ2v) is 6.39. The van der Waals surface area contributed by atoms with Gasteiger partial charge in [0.2, 0.25) is 0 Å². The summed E-state index contributed by atoms with van der Waals surface area (Å²) < 4.78 is 1.68. The first kappa shape index (κ1) is 15.6. The minimum absolute atomic E-state index is 0.0146. The Morgan fingerprint density at radius 3 is 2.12 bits per heavy atom. The van der Waals surface area contributed by atoms with Crippen molar-refractivity contribution in [3.63, 3.8) is 0 Å². The van der Waals surface area contributed by atoms with Crippen LogP contribution < -0.4 is 0 Å². The van der Waals surface area contributed by atoms with E-state index in [2.05, 4.69) is 0 Å². The molecule has 0 amide bonds. The van der Waals surface area contributed by atoms with E-state index in [1.165, 1.54) is 6.92 Å². The number of Topliss-reactive ketones (excluding diaryl/α,β-unsaturated/α-hetero) is 1. The van der Waals surface area contributed by atoms with Crippen molar-refractivity contribution in [2.24, 2.45) is 0 Å². The van der Waals surface area contributed by atoms with Gasteiger partial charge in [-0.1, -0.05) is 29.8 Å². The second kappa shape index (κ2) is 5.87. The number of hydrogen-bond donors (Lipinski definition) is 0. The van der Waals surface area contributed by atoms with Gasteiger partial charge in [-0.3, -0.25) is 14.2 Å². The molecule has 0 N–H and O–H groups in total. The van der Waals surface area contributed by atoms with Gasteiger partial charge < -0.3 is 0 Å². The summed E-state index contributed by atoms with van der Waals surface area (Å²) in [6.45, 7) is 1.53. The zero-order valence-corrected chi connectivity index (χ0v) is 14.2. The van der Waals surface area contributed by atoms with Crippen LogP contribution in [0.2, 0.25) is 5.02 Å². The smallest absolute Gasteiger partial charge is 0.262 e. The number of carbonyl (C=O) groups is 2. The van der Waals surface area contributed by atoms with Gasteiger partial charge in [-0.05, 0) is 55.5 Å². The van der Waals surface area contributed by atoms with Crippen molar-refractivity contribution in [2.75, 3.05) is 0 Å². The molecule has 122 valence electrons. The summed E-state index contributed by atoms with van der Waals surface area (Å²) in [5.74, 6) is -0.127. The molecule has 0 fully saturated rings. The highest BCUT2D eigenvalue weighted by Crippen LogP contribution is 2.32. The highest BCUT2D eigenvalue weighted by atomic mass is 35.5. The van der Waals surface area contributed by atoms with Gasteiger partial charge >= 0.3 is 0 Å². The van der Waals surface area contributed by atoms with E-state index >= 15 is 0 Å².